The second-order valence-electron chi connectivity index (χ2n) is 7.77. The lowest BCUT2D eigenvalue weighted by molar-refractivity contribution is -0.384. The SMILES string of the molecule is CC(OP(=O)(O)O)=C(C(=O)OCc1ccc([N+](=O)[O-])cc1)N1C(=O)C2N=C(COc3ccccc3)SC21. The Hall–Kier alpha value is -3.71. The van der Waals surface area contributed by atoms with Crippen molar-refractivity contribution in [3.8, 4) is 5.75 Å². The highest BCUT2D eigenvalue weighted by atomic mass is 32.2. The molecule has 0 aromatic heterocycles. The number of β-lactam (4-membered cyclic amide) rings is 1. The summed E-state index contributed by atoms with van der Waals surface area (Å²) in [6, 6.07) is 13.4. The first kappa shape index (κ1) is 26.4. The molecule has 4 rings (SSSR count). The molecular weight excluding hydrogens is 529 g/mol. The van der Waals surface area contributed by atoms with Gasteiger partial charge in [0.1, 0.15) is 35.1 Å². The molecular formula is C22H20N3O10PS. The highest BCUT2D eigenvalue weighted by molar-refractivity contribution is 8.15. The number of nitro groups is 1. The lowest BCUT2D eigenvalue weighted by atomic mass is 10.1. The smallest absolute Gasteiger partial charge is 0.487 e. The average molecular weight is 549 g/mol. The predicted molar refractivity (Wildman–Crippen MR) is 130 cm³/mol. The molecule has 1 fully saturated rings. The number of thioether (sulfide) groups is 1. The van der Waals surface area contributed by atoms with Crippen LogP contribution >= 0.6 is 19.6 Å². The van der Waals surface area contributed by atoms with Gasteiger partial charge in [0, 0.05) is 12.1 Å². The predicted octanol–water partition coefficient (Wildman–Crippen LogP) is 2.74. The van der Waals surface area contributed by atoms with E-state index in [1.807, 2.05) is 6.07 Å². The van der Waals surface area contributed by atoms with E-state index in [9.17, 15) is 34.1 Å². The number of phosphoric ester groups is 1. The molecule has 2 atom stereocenters. The van der Waals surface area contributed by atoms with Gasteiger partial charge in [-0.15, -0.1) is 0 Å². The number of phosphoric acid groups is 1. The van der Waals surface area contributed by atoms with Crippen LogP contribution in [0.4, 0.5) is 5.69 Å². The number of allylic oxidation sites excluding steroid dienone is 1. The summed E-state index contributed by atoms with van der Waals surface area (Å²) in [7, 11) is -5.06. The summed E-state index contributed by atoms with van der Waals surface area (Å²) in [5.41, 5.74) is -0.216. The molecule has 2 aromatic rings. The van der Waals surface area contributed by atoms with Gasteiger partial charge in [0.15, 0.2) is 11.7 Å². The second kappa shape index (κ2) is 10.7. The van der Waals surface area contributed by atoms with E-state index in [-0.39, 0.29) is 18.9 Å². The lowest BCUT2D eigenvalue weighted by Gasteiger charge is -2.41. The molecule has 13 nitrogen and oxygen atoms in total. The third-order valence-corrected chi connectivity index (χ3v) is 6.92. The van der Waals surface area contributed by atoms with Gasteiger partial charge < -0.3 is 14.0 Å². The van der Waals surface area contributed by atoms with Crippen LogP contribution in [0.2, 0.25) is 0 Å². The Morgan fingerprint density at radius 2 is 1.84 bits per heavy atom. The molecule has 2 aromatic carbocycles. The van der Waals surface area contributed by atoms with Crippen molar-refractivity contribution in [3.63, 3.8) is 0 Å². The summed E-state index contributed by atoms with van der Waals surface area (Å²) in [5, 5.41) is 10.6. The molecule has 2 aliphatic heterocycles. The van der Waals surface area contributed by atoms with Crippen molar-refractivity contribution in [2.24, 2.45) is 4.99 Å². The number of hydrogen-bond acceptors (Lipinski definition) is 10. The van der Waals surface area contributed by atoms with Gasteiger partial charge in [-0.3, -0.25) is 34.6 Å². The van der Waals surface area contributed by atoms with Crippen molar-refractivity contribution in [3.05, 3.63) is 81.7 Å². The number of nitrogens with zero attached hydrogens (tertiary/aromatic N) is 3. The van der Waals surface area contributed by atoms with Gasteiger partial charge in [-0.25, -0.2) is 9.36 Å². The molecule has 1 saturated heterocycles. The highest BCUT2D eigenvalue weighted by Gasteiger charge is 2.56. The van der Waals surface area contributed by atoms with E-state index in [4.69, 9.17) is 9.47 Å². The number of amides is 1. The van der Waals surface area contributed by atoms with Crippen molar-refractivity contribution >= 4 is 42.2 Å². The summed E-state index contributed by atoms with van der Waals surface area (Å²) < 4.78 is 26.9. The maximum absolute atomic E-state index is 13.0. The van der Waals surface area contributed by atoms with Crippen LogP contribution in [0.25, 0.3) is 0 Å². The number of rotatable bonds is 10. The fraction of sp³-hybridized carbons (Fsp3) is 0.227. The Labute approximate surface area is 214 Å². The van der Waals surface area contributed by atoms with Crippen LogP contribution in [0, 0.1) is 10.1 Å². The summed E-state index contributed by atoms with van der Waals surface area (Å²) in [5.74, 6) is -1.56. The van der Waals surface area contributed by atoms with E-state index in [0.29, 0.717) is 16.4 Å². The van der Waals surface area contributed by atoms with Crippen LogP contribution in [-0.4, -0.2) is 54.6 Å². The molecule has 2 aliphatic rings. The number of benzene rings is 2. The monoisotopic (exact) mass is 549 g/mol. The number of fused-ring (bicyclic) bond motifs is 1. The molecule has 0 aliphatic carbocycles. The zero-order chi connectivity index (χ0) is 26.7. The quantitative estimate of drug-likeness (QED) is 0.0847. The Bertz CT molecular complexity index is 1330. The highest BCUT2D eigenvalue weighted by Crippen LogP contribution is 2.45. The Kier molecular flexibility index (Phi) is 7.64. The first-order chi connectivity index (χ1) is 17.5. The topological polar surface area (TPSA) is 178 Å². The van der Waals surface area contributed by atoms with Crippen LogP contribution < -0.4 is 4.74 Å². The zero-order valence-electron chi connectivity index (χ0n) is 19.1. The molecule has 0 spiro atoms. The van der Waals surface area contributed by atoms with Gasteiger partial charge in [-0.05, 0) is 36.8 Å². The summed E-state index contributed by atoms with van der Waals surface area (Å²) >= 11 is 1.17. The van der Waals surface area contributed by atoms with Crippen LogP contribution in [0.1, 0.15) is 12.5 Å². The molecule has 15 heteroatoms. The molecule has 2 heterocycles. The van der Waals surface area contributed by atoms with Crippen molar-refractivity contribution in [2.45, 2.75) is 24.9 Å². The first-order valence-electron chi connectivity index (χ1n) is 10.6. The number of aliphatic imine (C=N–C) groups is 1. The molecule has 0 radical (unpaired) electrons. The first-order valence-corrected chi connectivity index (χ1v) is 13.1. The Balaban J connectivity index is 1.48. The van der Waals surface area contributed by atoms with Crippen molar-refractivity contribution in [1.82, 2.24) is 4.90 Å². The second-order valence-corrected chi connectivity index (χ2v) is 10.1. The van der Waals surface area contributed by atoms with Crippen molar-refractivity contribution in [2.75, 3.05) is 6.61 Å². The molecule has 1 amide bonds. The van der Waals surface area contributed by atoms with Crippen LogP contribution in [0.3, 0.4) is 0 Å². The van der Waals surface area contributed by atoms with Gasteiger partial charge in [-0.2, -0.15) is 0 Å². The number of para-hydroxylation sites is 1. The number of hydrogen-bond donors (Lipinski definition) is 2. The maximum Gasteiger partial charge on any atom is 0.524 e. The minimum atomic E-state index is -5.06. The number of carbonyl (C=O) groups is 2. The number of non-ortho nitro benzene ring substituents is 1. The van der Waals surface area contributed by atoms with Gasteiger partial charge in [0.2, 0.25) is 0 Å². The number of esters is 1. The number of likely N-dealkylation sites (tertiary alicyclic amines) is 1. The Morgan fingerprint density at radius 1 is 1.16 bits per heavy atom. The van der Waals surface area contributed by atoms with E-state index in [1.165, 1.54) is 36.0 Å². The number of carbonyl (C=O) groups excluding carboxylic acids is 2. The fourth-order valence-electron chi connectivity index (χ4n) is 3.54. The summed E-state index contributed by atoms with van der Waals surface area (Å²) in [6.45, 7) is 0.895. The molecule has 194 valence electrons. The van der Waals surface area contributed by atoms with Crippen LogP contribution in [0.5, 0.6) is 5.75 Å². The fourth-order valence-corrected chi connectivity index (χ4v) is 5.19. The summed E-state index contributed by atoms with van der Waals surface area (Å²) in [6.07, 6.45) is 0. The van der Waals surface area contributed by atoms with Crippen LogP contribution in [0.15, 0.2) is 71.0 Å². The molecule has 2 unspecified atom stereocenters. The maximum atomic E-state index is 13.0. The minimum absolute atomic E-state index is 0.0877. The molecule has 0 bridgehead atoms. The standard InChI is InChI=1S/C22H20N3O10PS/c1-13(35-36(30,31)32)19(22(27)34-11-14-7-9-15(10-8-14)25(28)29)24-20(26)18-21(24)37-17(23-18)12-33-16-5-3-2-4-6-16/h2-10,18,21H,11-12H2,1H3,(H2,30,31,32). The molecule has 0 saturated carbocycles. The largest absolute Gasteiger partial charge is 0.524 e. The number of nitro benzene ring substituents is 1. The van der Waals surface area contributed by atoms with Gasteiger partial charge >= 0.3 is 13.8 Å². The van der Waals surface area contributed by atoms with E-state index in [0.717, 1.165) is 11.8 Å². The minimum Gasteiger partial charge on any atom is -0.487 e. The Morgan fingerprint density at radius 3 is 2.46 bits per heavy atom. The van der Waals surface area contributed by atoms with E-state index in [1.54, 1.807) is 24.3 Å². The zero-order valence-corrected chi connectivity index (χ0v) is 20.8. The molecule has 2 N–H and O–H groups in total. The third kappa shape index (κ3) is 6.17. The van der Waals surface area contributed by atoms with Gasteiger partial charge in [0.25, 0.3) is 11.6 Å². The molecule has 37 heavy (non-hydrogen) atoms. The van der Waals surface area contributed by atoms with Crippen molar-refractivity contribution < 1.29 is 42.9 Å². The average Bonchev–Trinajstić information content (AvgIpc) is 3.23. The van der Waals surface area contributed by atoms with E-state index >= 15 is 0 Å². The van der Waals surface area contributed by atoms with E-state index in [2.05, 4.69) is 9.52 Å². The van der Waals surface area contributed by atoms with Gasteiger partial charge in [0.05, 0.1) is 4.92 Å². The van der Waals surface area contributed by atoms with Crippen molar-refractivity contribution in [1.29, 1.82) is 0 Å². The van der Waals surface area contributed by atoms with E-state index < -0.39 is 47.5 Å². The third-order valence-electron chi connectivity index (χ3n) is 5.20. The van der Waals surface area contributed by atoms with Crippen LogP contribution in [-0.2, 0) is 30.0 Å². The lowest BCUT2D eigenvalue weighted by Crippen LogP contribution is -2.61. The number of ether oxygens (including phenoxy) is 2. The normalized spacial score (nSPS) is 19.3. The summed E-state index contributed by atoms with van der Waals surface area (Å²) in [4.78, 5) is 59.9. The van der Waals surface area contributed by atoms with Gasteiger partial charge in [-0.1, -0.05) is 30.0 Å².